The topological polar surface area (TPSA) is 67.6 Å². The molecule has 14 heavy (non-hydrogen) atoms. The van der Waals surface area contributed by atoms with Gasteiger partial charge in [-0.2, -0.15) is 0 Å². The fourth-order valence-corrected chi connectivity index (χ4v) is 1.47. The van der Waals surface area contributed by atoms with Crippen molar-refractivity contribution in [1.29, 1.82) is 0 Å². The van der Waals surface area contributed by atoms with Crippen molar-refractivity contribution in [3.63, 3.8) is 0 Å². The summed E-state index contributed by atoms with van der Waals surface area (Å²) in [7, 11) is 0. The van der Waals surface area contributed by atoms with Gasteiger partial charge in [0.1, 0.15) is 0 Å². The summed E-state index contributed by atoms with van der Waals surface area (Å²) in [6.07, 6.45) is 8.92. The van der Waals surface area contributed by atoms with Gasteiger partial charge in [0.2, 0.25) is 0 Å². The average Bonchev–Trinajstić information content (AvgIpc) is 2.74. The summed E-state index contributed by atoms with van der Waals surface area (Å²) >= 11 is 0. The van der Waals surface area contributed by atoms with Crippen LogP contribution in [0.25, 0.3) is 0 Å². The van der Waals surface area contributed by atoms with Crippen LogP contribution in [0, 0.1) is 0 Å². The predicted molar refractivity (Wildman–Crippen MR) is 53.7 cm³/mol. The molecule has 0 spiro atoms. The van der Waals surface area contributed by atoms with E-state index in [1.807, 2.05) is 18.5 Å². The average molecular weight is 188 g/mol. The molecule has 0 aliphatic carbocycles. The van der Waals surface area contributed by atoms with E-state index in [0.717, 1.165) is 11.3 Å². The van der Waals surface area contributed by atoms with Crippen LogP contribution in [0.3, 0.4) is 0 Å². The van der Waals surface area contributed by atoms with Gasteiger partial charge in [0, 0.05) is 43.4 Å². The number of nitrogens with two attached hydrogens (primary N) is 1. The highest BCUT2D eigenvalue weighted by atomic mass is 14.8. The number of hydrogen-bond donors (Lipinski definition) is 2. The fourth-order valence-electron chi connectivity index (χ4n) is 1.47. The van der Waals surface area contributed by atoms with Gasteiger partial charge in [0.05, 0.1) is 5.69 Å². The summed E-state index contributed by atoms with van der Waals surface area (Å²) in [4.78, 5) is 11.3. The Morgan fingerprint density at radius 3 is 2.93 bits per heavy atom. The van der Waals surface area contributed by atoms with Crippen LogP contribution in [0.4, 0.5) is 0 Å². The third-order valence-electron chi connectivity index (χ3n) is 2.20. The Morgan fingerprint density at radius 2 is 2.36 bits per heavy atom. The molecule has 72 valence electrons. The number of nitrogens with one attached hydrogen (secondary N) is 1. The van der Waals surface area contributed by atoms with E-state index < -0.39 is 0 Å². The Bertz CT molecular complexity index is 368. The molecule has 2 heterocycles. The molecule has 3 N–H and O–H groups in total. The molecule has 2 rings (SSSR count). The van der Waals surface area contributed by atoms with Crippen molar-refractivity contribution in [1.82, 2.24) is 15.0 Å². The van der Waals surface area contributed by atoms with Crippen molar-refractivity contribution in [3.8, 4) is 0 Å². The Balaban J connectivity index is 2.31. The van der Waals surface area contributed by atoms with Gasteiger partial charge in [-0.1, -0.05) is 0 Å². The summed E-state index contributed by atoms with van der Waals surface area (Å²) < 4.78 is 0. The highest BCUT2D eigenvalue weighted by Gasteiger charge is 2.13. The van der Waals surface area contributed by atoms with Gasteiger partial charge in [0.25, 0.3) is 0 Å². The van der Waals surface area contributed by atoms with Gasteiger partial charge in [-0.05, 0) is 11.6 Å². The lowest BCUT2D eigenvalue weighted by Gasteiger charge is -2.11. The predicted octanol–water partition coefficient (Wildman–Crippen LogP) is 0.895. The van der Waals surface area contributed by atoms with E-state index in [0.29, 0.717) is 6.54 Å². The minimum absolute atomic E-state index is 0.134. The zero-order valence-electron chi connectivity index (χ0n) is 7.72. The Labute approximate surface area is 82.2 Å². The molecular weight excluding hydrogens is 176 g/mol. The SMILES string of the molecule is NCC(c1cc[nH]c1)c1cnccn1. The molecule has 0 saturated heterocycles. The first-order valence-electron chi connectivity index (χ1n) is 4.50. The smallest absolute Gasteiger partial charge is 0.0674 e. The van der Waals surface area contributed by atoms with Crippen molar-refractivity contribution in [3.05, 3.63) is 48.3 Å². The van der Waals surface area contributed by atoms with Gasteiger partial charge in [-0.3, -0.25) is 9.97 Å². The molecule has 0 bridgehead atoms. The minimum atomic E-state index is 0.134. The van der Waals surface area contributed by atoms with E-state index in [-0.39, 0.29) is 5.92 Å². The Kier molecular flexibility index (Phi) is 2.55. The zero-order chi connectivity index (χ0) is 9.80. The molecule has 2 aromatic heterocycles. The largest absolute Gasteiger partial charge is 0.367 e. The van der Waals surface area contributed by atoms with Crippen molar-refractivity contribution >= 4 is 0 Å². The number of hydrogen-bond acceptors (Lipinski definition) is 3. The quantitative estimate of drug-likeness (QED) is 0.751. The molecule has 0 aliphatic heterocycles. The second kappa shape index (κ2) is 4.02. The van der Waals surface area contributed by atoms with Crippen LogP contribution in [0.1, 0.15) is 17.2 Å². The summed E-state index contributed by atoms with van der Waals surface area (Å²) in [6, 6.07) is 2.01. The van der Waals surface area contributed by atoms with Crippen LogP contribution in [-0.4, -0.2) is 21.5 Å². The molecule has 4 nitrogen and oxygen atoms in total. The van der Waals surface area contributed by atoms with E-state index in [1.165, 1.54) is 0 Å². The van der Waals surface area contributed by atoms with Crippen LogP contribution in [-0.2, 0) is 0 Å². The second-order valence-electron chi connectivity index (χ2n) is 3.06. The Morgan fingerprint density at radius 1 is 1.43 bits per heavy atom. The van der Waals surface area contributed by atoms with Crippen LogP contribution in [0.5, 0.6) is 0 Å². The molecular formula is C10H12N4. The Hall–Kier alpha value is -1.68. The number of nitrogens with zero attached hydrogens (tertiary/aromatic N) is 2. The summed E-state index contributed by atoms with van der Waals surface area (Å²) in [5, 5.41) is 0. The van der Waals surface area contributed by atoms with E-state index in [2.05, 4.69) is 15.0 Å². The van der Waals surface area contributed by atoms with Crippen molar-refractivity contribution in [2.75, 3.05) is 6.54 Å². The third kappa shape index (κ3) is 1.65. The summed E-state index contributed by atoms with van der Waals surface area (Å²) in [6.45, 7) is 0.538. The molecule has 2 aromatic rings. The molecule has 0 aromatic carbocycles. The molecule has 4 heteroatoms. The van der Waals surface area contributed by atoms with Crippen LogP contribution >= 0.6 is 0 Å². The molecule has 0 radical (unpaired) electrons. The van der Waals surface area contributed by atoms with Crippen molar-refractivity contribution < 1.29 is 0 Å². The molecule has 0 aliphatic rings. The maximum absolute atomic E-state index is 5.71. The highest BCUT2D eigenvalue weighted by molar-refractivity contribution is 5.24. The van der Waals surface area contributed by atoms with E-state index in [1.54, 1.807) is 18.6 Å². The van der Waals surface area contributed by atoms with E-state index >= 15 is 0 Å². The standard InChI is InChI=1S/C10H12N4/c11-5-9(8-1-2-12-6-8)10-7-13-3-4-14-10/h1-4,6-7,9,12H,5,11H2. The maximum atomic E-state index is 5.71. The lowest BCUT2D eigenvalue weighted by Crippen LogP contribution is -2.14. The second-order valence-corrected chi connectivity index (χ2v) is 3.06. The fraction of sp³-hybridized carbons (Fsp3) is 0.200. The lowest BCUT2D eigenvalue weighted by atomic mass is 9.99. The summed E-state index contributed by atoms with van der Waals surface area (Å²) in [5.74, 6) is 0.134. The molecule has 0 saturated carbocycles. The van der Waals surface area contributed by atoms with Gasteiger partial charge in [0.15, 0.2) is 0 Å². The molecule has 0 amide bonds. The first-order chi connectivity index (χ1) is 6.92. The van der Waals surface area contributed by atoms with Gasteiger partial charge in [-0.25, -0.2) is 0 Å². The minimum Gasteiger partial charge on any atom is -0.367 e. The van der Waals surface area contributed by atoms with Gasteiger partial charge < -0.3 is 10.7 Å². The zero-order valence-corrected chi connectivity index (χ0v) is 7.72. The monoisotopic (exact) mass is 188 g/mol. The number of aromatic nitrogens is 3. The van der Waals surface area contributed by atoms with Crippen LogP contribution in [0.2, 0.25) is 0 Å². The van der Waals surface area contributed by atoms with Crippen molar-refractivity contribution in [2.45, 2.75) is 5.92 Å². The number of H-pyrrole nitrogens is 1. The van der Waals surface area contributed by atoms with Gasteiger partial charge in [-0.15, -0.1) is 0 Å². The molecule has 1 atom stereocenters. The van der Waals surface area contributed by atoms with E-state index in [4.69, 9.17) is 5.73 Å². The van der Waals surface area contributed by atoms with Crippen molar-refractivity contribution in [2.24, 2.45) is 5.73 Å². The first kappa shape index (κ1) is 8.90. The molecule has 1 unspecified atom stereocenters. The molecule has 0 fully saturated rings. The maximum Gasteiger partial charge on any atom is 0.0674 e. The normalized spacial score (nSPS) is 12.6. The van der Waals surface area contributed by atoms with E-state index in [9.17, 15) is 0 Å². The highest BCUT2D eigenvalue weighted by Crippen LogP contribution is 2.19. The first-order valence-corrected chi connectivity index (χ1v) is 4.50. The number of rotatable bonds is 3. The van der Waals surface area contributed by atoms with Gasteiger partial charge >= 0.3 is 0 Å². The number of aromatic amines is 1. The third-order valence-corrected chi connectivity index (χ3v) is 2.20. The lowest BCUT2D eigenvalue weighted by molar-refractivity contribution is 0.780. The summed E-state index contributed by atoms with van der Waals surface area (Å²) in [5.41, 5.74) is 7.77. The van der Waals surface area contributed by atoms with Crippen LogP contribution < -0.4 is 5.73 Å². The van der Waals surface area contributed by atoms with Crippen LogP contribution in [0.15, 0.2) is 37.1 Å².